The van der Waals surface area contributed by atoms with Gasteiger partial charge in [-0.05, 0) is 41.5 Å². The number of nitrogens with one attached hydrogen (secondary N) is 1. The van der Waals surface area contributed by atoms with Gasteiger partial charge in [0.1, 0.15) is 11.3 Å². The van der Waals surface area contributed by atoms with Gasteiger partial charge in [0.05, 0.1) is 19.2 Å². The van der Waals surface area contributed by atoms with E-state index in [0.717, 1.165) is 22.4 Å². The molecule has 0 aliphatic rings. The molecule has 0 aliphatic carbocycles. The van der Waals surface area contributed by atoms with E-state index in [-0.39, 0.29) is 5.91 Å². The highest BCUT2D eigenvalue weighted by molar-refractivity contribution is 5.97. The molecule has 0 aliphatic heterocycles. The number of carbonyl (C=O) groups excluding carboxylic acids is 1. The molecule has 28 heavy (non-hydrogen) atoms. The second-order valence-electron chi connectivity index (χ2n) is 6.47. The van der Waals surface area contributed by atoms with Crippen molar-refractivity contribution < 1.29 is 9.53 Å². The highest BCUT2D eigenvalue weighted by atomic mass is 16.5. The first kappa shape index (κ1) is 17.7. The molecule has 1 amide bonds. The molecule has 4 rings (SSSR count). The summed E-state index contributed by atoms with van der Waals surface area (Å²) in [6.45, 7) is 1.09. The van der Waals surface area contributed by atoms with Crippen molar-refractivity contribution in [3.8, 4) is 5.75 Å². The van der Waals surface area contributed by atoms with Gasteiger partial charge < -0.3 is 10.1 Å². The zero-order chi connectivity index (χ0) is 19.3. The van der Waals surface area contributed by atoms with Gasteiger partial charge >= 0.3 is 0 Å². The minimum atomic E-state index is -0.143. The Hall–Kier alpha value is -3.67. The summed E-state index contributed by atoms with van der Waals surface area (Å²) >= 11 is 0. The fraction of sp³-hybridized carbons (Fsp3) is 0.136. The monoisotopic (exact) mass is 372 g/mol. The van der Waals surface area contributed by atoms with Crippen LogP contribution in [0, 0.1) is 0 Å². The Bertz CT molecular complexity index is 1090. The van der Waals surface area contributed by atoms with E-state index in [4.69, 9.17) is 4.74 Å². The molecular formula is C22H20N4O2. The quantitative estimate of drug-likeness (QED) is 0.563. The fourth-order valence-electron chi connectivity index (χ4n) is 3.01. The van der Waals surface area contributed by atoms with Crippen LogP contribution >= 0.6 is 0 Å². The molecule has 6 nitrogen and oxygen atoms in total. The number of ether oxygens (including phenoxy) is 1. The first-order chi connectivity index (χ1) is 13.7. The second-order valence-corrected chi connectivity index (χ2v) is 6.47. The number of nitrogens with zero attached hydrogens (tertiary/aromatic N) is 3. The Morgan fingerprint density at radius 3 is 2.54 bits per heavy atom. The van der Waals surface area contributed by atoms with E-state index in [9.17, 15) is 4.79 Å². The Labute approximate surface area is 162 Å². The normalized spacial score (nSPS) is 10.8. The number of rotatable bonds is 6. The smallest absolute Gasteiger partial charge is 0.251 e. The maximum absolute atomic E-state index is 12.5. The topological polar surface area (TPSA) is 69.0 Å². The predicted octanol–water partition coefficient (Wildman–Crippen LogP) is 3.42. The predicted molar refractivity (Wildman–Crippen MR) is 107 cm³/mol. The van der Waals surface area contributed by atoms with E-state index >= 15 is 0 Å². The van der Waals surface area contributed by atoms with Crippen LogP contribution in [-0.4, -0.2) is 28.0 Å². The molecule has 6 heteroatoms. The van der Waals surface area contributed by atoms with Crippen LogP contribution in [-0.2, 0) is 13.1 Å². The van der Waals surface area contributed by atoms with Crippen LogP contribution in [0.2, 0.25) is 0 Å². The molecule has 1 heterocycles. The van der Waals surface area contributed by atoms with E-state index in [1.807, 2.05) is 53.2 Å². The van der Waals surface area contributed by atoms with E-state index in [0.29, 0.717) is 24.2 Å². The molecule has 1 aromatic heterocycles. The summed E-state index contributed by atoms with van der Waals surface area (Å²) in [6.07, 6.45) is 0. The summed E-state index contributed by atoms with van der Waals surface area (Å²) < 4.78 is 6.98. The van der Waals surface area contributed by atoms with Crippen molar-refractivity contribution in [1.82, 2.24) is 20.3 Å². The molecule has 0 atom stereocenters. The van der Waals surface area contributed by atoms with Gasteiger partial charge in [-0.15, -0.1) is 5.10 Å². The lowest BCUT2D eigenvalue weighted by molar-refractivity contribution is 0.0951. The van der Waals surface area contributed by atoms with Crippen molar-refractivity contribution in [3.05, 3.63) is 89.5 Å². The second kappa shape index (κ2) is 7.92. The summed E-state index contributed by atoms with van der Waals surface area (Å²) in [5.74, 6) is 0.648. The number of benzene rings is 3. The molecule has 4 aromatic rings. The van der Waals surface area contributed by atoms with Crippen molar-refractivity contribution in [2.24, 2.45) is 0 Å². The molecule has 0 saturated carbocycles. The Kier molecular flexibility index (Phi) is 5.01. The fourth-order valence-corrected chi connectivity index (χ4v) is 3.01. The van der Waals surface area contributed by atoms with Gasteiger partial charge in [-0.1, -0.05) is 47.7 Å². The van der Waals surface area contributed by atoms with Gasteiger partial charge in [-0.3, -0.25) is 4.79 Å². The third-order valence-electron chi connectivity index (χ3n) is 4.56. The van der Waals surface area contributed by atoms with E-state index in [2.05, 4.69) is 27.8 Å². The number of amides is 1. The number of hydrogen-bond acceptors (Lipinski definition) is 4. The highest BCUT2D eigenvalue weighted by Crippen LogP contribution is 2.16. The number of carbonyl (C=O) groups is 1. The minimum Gasteiger partial charge on any atom is -0.497 e. The number of methoxy groups -OCH3 is 1. The van der Waals surface area contributed by atoms with Crippen LogP contribution < -0.4 is 10.1 Å². The largest absolute Gasteiger partial charge is 0.497 e. The Balaban J connectivity index is 1.45. The van der Waals surface area contributed by atoms with Crippen molar-refractivity contribution in [3.63, 3.8) is 0 Å². The number of aromatic nitrogens is 3. The Morgan fingerprint density at radius 2 is 1.79 bits per heavy atom. The van der Waals surface area contributed by atoms with Crippen molar-refractivity contribution in [1.29, 1.82) is 0 Å². The standard InChI is InChI=1S/C22H20N4O2/c1-28-19-10-7-16(8-11-19)14-23-22(27)18-9-12-21-20(13-18)24-25-26(21)15-17-5-3-2-4-6-17/h2-13H,14-15H2,1H3,(H,23,27). The third kappa shape index (κ3) is 3.86. The summed E-state index contributed by atoms with van der Waals surface area (Å²) in [5, 5.41) is 11.4. The molecule has 1 N–H and O–H groups in total. The van der Waals surface area contributed by atoms with Gasteiger partial charge in [0.15, 0.2) is 0 Å². The van der Waals surface area contributed by atoms with E-state index in [1.165, 1.54) is 0 Å². The van der Waals surface area contributed by atoms with E-state index < -0.39 is 0 Å². The van der Waals surface area contributed by atoms with Crippen molar-refractivity contribution >= 4 is 16.9 Å². The number of fused-ring (bicyclic) bond motifs is 1. The first-order valence-corrected chi connectivity index (χ1v) is 9.01. The summed E-state index contributed by atoms with van der Waals surface area (Å²) in [5.41, 5.74) is 4.32. The maximum atomic E-state index is 12.5. The lowest BCUT2D eigenvalue weighted by atomic mass is 10.1. The summed E-state index contributed by atoms with van der Waals surface area (Å²) in [4.78, 5) is 12.5. The average molecular weight is 372 g/mol. The molecule has 140 valence electrons. The zero-order valence-corrected chi connectivity index (χ0v) is 15.5. The third-order valence-corrected chi connectivity index (χ3v) is 4.56. The lowest BCUT2D eigenvalue weighted by Gasteiger charge is -2.07. The van der Waals surface area contributed by atoms with Crippen LogP contribution in [0.1, 0.15) is 21.5 Å². The van der Waals surface area contributed by atoms with Crippen LogP contribution in [0.5, 0.6) is 5.75 Å². The maximum Gasteiger partial charge on any atom is 0.251 e. The summed E-state index contributed by atoms with van der Waals surface area (Å²) in [7, 11) is 1.63. The molecule has 0 fully saturated rings. The molecule has 0 bridgehead atoms. The molecule has 0 radical (unpaired) electrons. The minimum absolute atomic E-state index is 0.143. The SMILES string of the molecule is COc1ccc(CNC(=O)c2ccc3c(c2)nnn3Cc2ccccc2)cc1. The van der Waals surface area contributed by atoms with Crippen LogP contribution in [0.15, 0.2) is 72.8 Å². The van der Waals surface area contributed by atoms with Crippen LogP contribution in [0.3, 0.4) is 0 Å². The molecule has 3 aromatic carbocycles. The van der Waals surface area contributed by atoms with E-state index in [1.54, 1.807) is 19.2 Å². The molecular weight excluding hydrogens is 352 g/mol. The molecule has 0 spiro atoms. The average Bonchev–Trinajstić information content (AvgIpc) is 3.15. The lowest BCUT2D eigenvalue weighted by Crippen LogP contribution is -2.22. The number of hydrogen-bond donors (Lipinski definition) is 1. The van der Waals surface area contributed by atoms with Crippen molar-refractivity contribution in [2.75, 3.05) is 7.11 Å². The molecule has 0 saturated heterocycles. The van der Waals surface area contributed by atoms with Gasteiger partial charge in [0.25, 0.3) is 5.91 Å². The first-order valence-electron chi connectivity index (χ1n) is 9.01. The van der Waals surface area contributed by atoms with Gasteiger partial charge in [-0.2, -0.15) is 0 Å². The van der Waals surface area contributed by atoms with Gasteiger partial charge in [-0.25, -0.2) is 4.68 Å². The molecule has 0 unspecified atom stereocenters. The zero-order valence-electron chi connectivity index (χ0n) is 15.5. The van der Waals surface area contributed by atoms with Gasteiger partial charge in [0, 0.05) is 12.1 Å². The summed E-state index contributed by atoms with van der Waals surface area (Å²) in [6, 6.07) is 23.2. The Morgan fingerprint density at radius 1 is 1.00 bits per heavy atom. The van der Waals surface area contributed by atoms with Crippen LogP contribution in [0.4, 0.5) is 0 Å². The van der Waals surface area contributed by atoms with Crippen LogP contribution in [0.25, 0.3) is 11.0 Å². The van der Waals surface area contributed by atoms with Gasteiger partial charge in [0.2, 0.25) is 0 Å². The highest BCUT2D eigenvalue weighted by Gasteiger charge is 2.10. The van der Waals surface area contributed by atoms with Crippen molar-refractivity contribution in [2.45, 2.75) is 13.1 Å².